The van der Waals surface area contributed by atoms with Crippen molar-refractivity contribution in [1.29, 1.82) is 0 Å². The van der Waals surface area contributed by atoms with E-state index in [0.717, 1.165) is 38.2 Å². The molecule has 1 unspecified atom stereocenters. The number of benzene rings is 4. The molecule has 33 heavy (non-hydrogen) atoms. The third-order valence-electron chi connectivity index (χ3n) is 5.61. The zero-order valence-corrected chi connectivity index (χ0v) is 19.4. The summed E-state index contributed by atoms with van der Waals surface area (Å²) in [6, 6.07) is 22.0. The number of fused-ring (bicyclic) bond motifs is 5. The van der Waals surface area contributed by atoms with E-state index in [1.54, 1.807) is 19.3 Å². The lowest BCUT2D eigenvalue weighted by atomic mass is 10.0. The van der Waals surface area contributed by atoms with E-state index >= 15 is 0 Å². The van der Waals surface area contributed by atoms with Crippen LogP contribution in [-0.2, 0) is 0 Å². The highest BCUT2D eigenvalue weighted by atomic mass is 31.1. The van der Waals surface area contributed by atoms with Gasteiger partial charge in [0.15, 0.2) is 11.3 Å². The predicted octanol–water partition coefficient (Wildman–Crippen LogP) is 8.89. The van der Waals surface area contributed by atoms with Crippen molar-refractivity contribution in [3.63, 3.8) is 0 Å². The summed E-state index contributed by atoms with van der Waals surface area (Å²) in [5.74, 6) is 1.25. The maximum absolute atomic E-state index is 6.38. The van der Waals surface area contributed by atoms with Crippen LogP contribution in [0.5, 0.6) is 11.5 Å². The minimum Gasteiger partial charge on any atom is -0.493 e. The van der Waals surface area contributed by atoms with Gasteiger partial charge in [0.2, 0.25) is 0 Å². The summed E-state index contributed by atoms with van der Waals surface area (Å²) >= 11 is 0. The molecule has 0 radical (unpaired) electrons. The van der Waals surface area contributed by atoms with E-state index in [1.807, 2.05) is 55.5 Å². The quantitative estimate of drug-likeness (QED) is 0.266. The van der Waals surface area contributed by atoms with E-state index < -0.39 is 8.24 Å². The van der Waals surface area contributed by atoms with Crippen molar-refractivity contribution in [2.24, 2.45) is 0 Å². The Morgan fingerprint density at radius 1 is 0.848 bits per heavy atom. The first-order valence-electron chi connectivity index (χ1n) is 10.6. The van der Waals surface area contributed by atoms with Crippen LogP contribution in [0.3, 0.4) is 0 Å². The molecule has 0 spiro atoms. The van der Waals surface area contributed by atoms with Crippen LogP contribution >= 0.6 is 8.24 Å². The first-order valence-corrected chi connectivity index (χ1v) is 11.6. The monoisotopic (exact) mass is 454 g/mol. The molecule has 0 aliphatic rings. The van der Waals surface area contributed by atoms with Crippen molar-refractivity contribution in [2.45, 2.75) is 6.92 Å². The fraction of sp³-hybridized carbons (Fsp3) is 0.0714. The normalized spacial score (nSPS) is 11.5. The number of aryl methyl sites for hydroxylation is 1. The first kappa shape index (κ1) is 21.0. The second-order valence-electron chi connectivity index (χ2n) is 7.67. The fourth-order valence-electron chi connectivity index (χ4n) is 4.10. The van der Waals surface area contributed by atoms with Gasteiger partial charge in [-0.1, -0.05) is 67.8 Å². The first-order chi connectivity index (χ1) is 16.1. The second kappa shape index (κ2) is 8.57. The van der Waals surface area contributed by atoms with Gasteiger partial charge in [-0.25, -0.2) is 0 Å². The maximum atomic E-state index is 6.38. The van der Waals surface area contributed by atoms with Crippen LogP contribution in [0.15, 0.2) is 88.3 Å². The summed E-state index contributed by atoms with van der Waals surface area (Å²) in [5.41, 5.74) is 4.12. The van der Waals surface area contributed by atoms with Crippen molar-refractivity contribution in [2.75, 3.05) is 7.11 Å². The molecule has 0 saturated heterocycles. The van der Waals surface area contributed by atoms with Crippen LogP contribution in [0.1, 0.15) is 16.7 Å². The summed E-state index contributed by atoms with van der Waals surface area (Å²) in [7, 11) is -0.197. The molecule has 1 aromatic heterocycles. The highest BCUT2D eigenvalue weighted by molar-refractivity contribution is 7.32. The van der Waals surface area contributed by atoms with Gasteiger partial charge in [-0.3, -0.25) is 0 Å². The summed E-state index contributed by atoms with van der Waals surface area (Å²) in [6.45, 7) is 9.85. The van der Waals surface area contributed by atoms with E-state index in [0.29, 0.717) is 22.7 Å². The molecule has 1 atom stereocenters. The average molecular weight is 454 g/mol. The van der Waals surface area contributed by atoms with Crippen LogP contribution < -0.4 is 9.26 Å². The van der Waals surface area contributed by atoms with E-state index in [2.05, 4.69) is 31.4 Å². The topological polar surface area (TPSA) is 44.7 Å². The Bertz CT molecular complexity index is 1580. The maximum Gasteiger partial charge on any atom is 0.453 e. The molecule has 0 amide bonds. The van der Waals surface area contributed by atoms with Crippen molar-refractivity contribution >= 4 is 53.1 Å². The molecule has 0 N–H and O–H groups in total. The van der Waals surface area contributed by atoms with E-state index in [9.17, 15) is 0 Å². The number of hydrogen-bond acceptors (Lipinski definition) is 4. The third-order valence-corrected chi connectivity index (χ3v) is 6.64. The van der Waals surface area contributed by atoms with Gasteiger partial charge >= 0.3 is 8.24 Å². The van der Waals surface area contributed by atoms with Gasteiger partial charge in [0.25, 0.3) is 0 Å². The number of methoxy groups -OCH3 is 1. The number of ether oxygens (including phenoxy) is 1. The fourth-order valence-corrected chi connectivity index (χ4v) is 5.19. The lowest BCUT2D eigenvalue weighted by Gasteiger charge is -2.08. The van der Waals surface area contributed by atoms with E-state index in [4.69, 9.17) is 17.7 Å². The van der Waals surface area contributed by atoms with Gasteiger partial charge in [0, 0.05) is 16.3 Å². The standard InChI is InChI=1S/C28H23O4P/c1-5-19-11-9-13-24(21(19)6-2)30-33-31-25-15-14-20-10-7-8-12-22(20)27(25)23-16-18(3)17-26(29-4)28(23)32-33/h5-17H,1-2H2,3-4H3. The van der Waals surface area contributed by atoms with Crippen molar-refractivity contribution in [3.05, 3.63) is 96.6 Å². The molecule has 1 heterocycles. The Balaban J connectivity index is 1.89. The molecule has 164 valence electrons. The summed E-state index contributed by atoms with van der Waals surface area (Å²) in [5, 5.41) is 4.06. The summed E-state index contributed by atoms with van der Waals surface area (Å²) < 4.78 is 24.7. The SMILES string of the molecule is C=Cc1cccc(Op2oc3ccc4ccccc4c3c3cc(C)cc(OC)c3o2)c1C=C. The highest BCUT2D eigenvalue weighted by Gasteiger charge is 2.16. The summed E-state index contributed by atoms with van der Waals surface area (Å²) in [4.78, 5) is 0. The molecule has 5 aromatic rings. The lowest BCUT2D eigenvalue weighted by molar-refractivity contribution is 0.410. The van der Waals surface area contributed by atoms with Crippen LogP contribution in [0.4, 0.5) is 0 Å². The smallest absolute Gasteiger partial charge is 0.453 e. The Kier molecular flexibility index (Phi) is 5.45. The zero-order valence-electron chi connectivity index (χ0n) is 18.5. The van der Waals surface area contributed by atoms with Crippen molar-refractivity contribution in [3.8, 4) is 11.5 Å². The van der Waals surface area contributed by atoms with Gasteiger partial charge in [0.05, 0.1) is 7.11 Å². The molecule has 0 saturated carbocycles. The molecule has 0 aliphatic heterocycles. The second-order valence-corrected chi connectivity index (χ2v) is 8.66. The molecule has 0 bridgehead atoms. The molecule has 5 heteroatoms. The third kappa shape index (κ3) is 3.69. The predicted molar refractivity (Wildman–Crippen MR) is 138 cm³/mol. The van der Waals surface area contributed by atoms with Gasteiger partial charge in [-0.05, 0) is 53.1 Å². The van der Waals surface area contributed by atoms with Crippen LogP contribution in [0, 0.1) is 6.92 Å². The minimum absolute atomic E-state index is 0.601. The van der Waals surface area contributed by atoms with Gasteiger partial charge in [-0.2, -0.15) is 0 Å². The Labute approximate surface area is 193 Å². The minimum atomic E-state index is -1.84. The van der Waals surface area contributed by atoms with Crippen molar-refractivity contribution in [1.82, 2.24) is 0 Å². The molecule has 4 aromatic carbocycles. The summed E-state index contributed by atoms with van der Waals surface area (Å²) in [6.07, 6.45) is 3.52. The van der Waals surface area contributed by atoms with Gasteiger partial charge in [0.1, 0.15) is 11.3 Å². The Hall–Kier alpha value is -3.88. The molecular formula is C28H23O4P. The molecular weight excluding hydrogens is 431 g/mol. The Morgan fingerprint density at radius 2 is 1.70 bits per heavy atom. The van der Waals surface area contributed by atoms with Crippen LogP contribution in [-0.4, -0.2) is 7.11 Å². The lowest BCUT2D eigenvalue weighted by Crippen LogP contribution is -1.88. The van der Waals surface area contributed by atoms with Crippen molar-refractivity contribution < 1.29 is 17.7 Å². The Morgan fingerprint density at radius 3 is 2.48 bits per heavy atom. The molecule has 4 nitrogen and oxygen atoms in total. The van der Waals surface area contributed by atoms with E-state index in [-0.39, 0.29) is 0 Å². The largest absolute Gasteiger partial charge is 0.493 e. The number of rotatable bonds is 5. The highest BCUT2D eigenvalue weighted by Crippen LogP contribution is 2.43. The van der Waals surface area contributed by atoms with E-state index in [1.165, 1.54) is 0 Å². The van der Waals surface area contributed by atoms with Crippen LogP contribution in [0.25, 0.3) is 44.9 Å². The zero-order chi connectivity index (χ0) is 22.9. The van der Waals surface area contributed by atoms with Gasteiger partial charge < -0.3 is 17.7 Å². The van der Waals surface area contributed by atoms with Gasteiger partial charge in [-0.15, -0.1) is 0 Å². The average Bonchev–Trinajstić information content (AvgIpc) is 2.99. The molecule has 0 aliphatic carbocycles. The molecule has 5 rings (SSSR count). The molecule has 0 fully saturated rings. The number of hydrogen-bond donors (Lipinski definition) is 0. The van der Waals surface area contributed by atoms with Crippen LogP contribution in [0.2, 0.25) is 0 Å².